The van der Waals surface area contributed by atoms with E-state index in [4.69, 9.17) is 5.26 Å². The van der Waals surface area contributed by atoms with Gasteiger partial charge in [0.25, 0.3) is 5.67 Å². The monoisotopic (exact) mass is 189 g/mol. The molecule has 0 bridgehead atoms. The van der Waals surface area contributed by atoms with Gasteiger partial charge in [-0.3, -0.25) is 4.79 Å². The summed E-state index contributed by atoms with van der Waals surface area (Å²) in [6.45, 7) is 1.87. The lowest BCUT2D eigenvalue weighted by Gasteiger charge is -2.04. The molecule has 0 unspecified atom stereocenters. The van der Waals surface area contributed by atoms with Crippen molar-refractivity contribution < 1.29 is 9.18 Å². The SMILES string of the molecule is Cc1ccc2c(c1)C[C@@](F)(C#N)C2=O. The third-order valence-electron chi connectivity index (χ3n) is 2.48. The van der Waals surface area contributed by atoms with Gasteiger partial charge in [-0.15, -0.1) is 0 Å². The summed E-state index contributed by atoms with van der Waals surface area (Å²) < 4.78 is 13.6. The van der Waals surface area contributed by atoms with Crippen LogP contribution < -0.4 is 0 Å². The number of aryl methyl sites for hydroxylation is 1. The lowest BCUT2D eigenvalue weighted by atomic mass is 10.0. The third-order valence-corrected chi connectivity index (χ3v) is 2.48. The average Bonchev–Trinajstić information content (AvgIpc) is 2.40. The molecule has 1 aliphatic rings. The number of hydrogen-bond acceptors (Lipinski definition) is 2. The predicted molar refractivity (Wildman–Crippen MR) is 48.7 cm³/mol. The lowest BCUT2D eigenvalue weighted by molar-refractivity contribution is 0.0820. The molecule has 2 rings (SSSR count). The van der Waals surface area contributed by atoms with E-state index in [-0.39, 0.29) is 6.42 Å². The van der Waals surface area contributed by atoms with Gasteiger partial charge in [0.1, 0.15) is 6.07 Å². The Morgan fingerprint density at radius 2 is 2.29 bits per heavy atom. The molecule has 0 fully saturated rings. The number of halogens is 1. The van der Waals surface area contributed by atoms with Crippen molar-refractivity contribution in [1.29, 1.82) is 5.26 Å². The second-order valence-corrected chi connectivity index (χ2v) is 3.58. The van der Waals surface area contributed by atoms with Gasteiger partial charge in [-0.25, -0.2) is 4.39 Å². The highest BCUT2D eigenvalue weighted by Gasteiger charge is 2.46. The zero-order valence-corrected chi connectivity index (χ0v) is 7.67. The van der Waals surface area contributed by atoms with Crippen molar-refractivity contribution in [1.82, 2.24) is 0 Å². The van der Waals surface area contributed by atoms with E-state index >= 15 is 0 Å². The van der Waals surface area contributed by atoms with Crippen LogP contribution in [0.1, 0.15) is 21.5 Å². The molecule has 1 aromatic carbocycles. The molecule has 1 aromatic rings. The Labute approximate surface area is 81.0 Å². The standard InChI is InChI=1S/C11H8FNO/c1-7-2-3-9-8(4-7)5-11(12,6-13)10(9)14/h2-4H,5H2,1H3/t11-/m1/s1. The van der Waals surface area contributed by atoms with Crippen molar-refractivity contribution in [3.8, 4) is 6.07 Å². The number of nitriles is 1. The van der Waals surface area contributed by atoms with Crippen molar-refractivity contribution in [2.75, 3.05) is 0 Å². The quantitative estimate of drug-likeness (QED) is 0.626. The maximum Gasteiger partial charge on any atom is 0.261 e. The summed E-state index contributed by atoms with van der Waals surface area (Å²) in [5, 5.41) is 8.59. The minimum atomic E-state index is -2.34. The molecular weight excluding hydrogens is 181 g/mol. The second-order valence-electron chi connectivity index (χ2n) is 3.58. The summed E-state index contributed by atoms with van der Waals surface area (Å²) in [4.78, 5) is 11.5. The normalized spacial score (nSPS) is 24.5. The van der Waals surface area contributed by atoms with Gasteiger partial charge in [0, 0.05) is 12.0 Å². The van der Waals surface area contributed by atoms with Gasteiger partial charge >= 0.3 is 0 Å². The van der Waals surface area contributed by atoms with Crippen molar-refractivity contribution in [2.45, 2.75) is 19.0 Å². The number of alkyl halides is 1. The fourth-order valence-electron chi connectivity index (χ4n) is 1.74. The molecule has 0 amide bonds. The molecule has 0 aliphatic heterocycles. The Morgan fingerprint density at radius 1 is 1.57 bits per heavy atom. The summed E-state index contributed by atoms with van der Waals surface area (Å²) >= 11 is 0. The fraction of sp³-hybridized carbons (Fsp3) is 0.273. The van der Waals surface area contributed by atoms with Gasteiger partial charge < -0.3 is 0 Å². The van der Waals surface area contributed by atoms with Crippen molar-refractivity contribution in [2.24, 2.45) is 0 Å². The van der Waals surface area contributed by atoms with Crippen LogP contribution in [0, 0.1) is 18.3 Å². The smallest absolute Gasteiger partial charge is 0.261 e. The molecule has 0 N–H and O–H groups in total. The number of hydrogen-bond donors (Lipinski definition) is 0. The van der Waals surface area contributed by atoms with Crippen LogP contribution in [0.15, 0.2) is 18.2 Å². The van der Waals surface area contributed by atoms with E-state index in [0.717, 1.165) is 5.56 Å². The van der Waals surface area contributed by atoms with Gasteiger partial charge in [0.2, 0.25) is 5.78 Å². The van der Waals surface area contributed by atoms with Crippen LogP contribution in [-0.2, 0) is 6.42 Å². The van der Waals surface area contributed by atoms with E-state index in [1.54, 1.807) is 18.2 Å². The summed E-state index contributed by atoms with van der Waals surface area (Å²) in [6, 6.07) is 6.53. The number of carbonyl (C=O) groups is 1. The Hall–Kier alpha value is -1.69. The molecule has 0 radical (unpaired) electrons. The Morgan fingerprint density at radius 3 is 2.93 bits per heavy atom. The van der Waals surface area contributed by atoms with Gasteiger partial charge in [0.15, 0.2) is 0 Å². The number of ketones is 1. The zero-order chi connectivity index (χ0) is 10.3. The van der Waals surface area contributed by atoms with E-state index in [1.807, 2.05) is 6.92 Å². The predicted octanol–water partition coefficient (Wildman–Crippen LogP) is 1.97. The molecule has 0 spiro atoms. The van der Waals surface area contributed by atoms with E-state index in [9.17, 15) is 9.18 Å². The van der Waals surface area contributed by atoms with Crippen LogP contribution in [0.25, 0.3) is 0 Å². The topological polar surface area (TPSA) is 40.9 Å². The average molecular weight is 189 g/mol. The minimum Gasteiger partial charge on any atom is -0.289 e. The van der Waals surface area contributed by atoms with Crippen LogP contribution in [-0.4, -0.2) is 11.5 Å². The van der Waals surface area contributed by atoms with Crippen LogP contribution in [0.3, 0.4) is 0 Å². The molecule has 0 saturated heterocycles. The minimum absolute atomic E-state index is 0.112. The first-order chi connectivity index (χ1) is 6.57. The molecule has 0 saturated carbocycles. The first kappa shape index (κ1) is 8.89. The highest BCUT2D eigenvalue weighted by atomic mass is 19.1. The number of carbonyl (C=O) groups excluding carboxylic acids is 1. The first-order valence-corrected chi connectivity index (χ1v) is 4.31. The molecule has 2 nitrogen and oxygen atoms in total. The van der Waals surface area contributed by atoms with Crippen molar-refractivity contribution in [3.05, 3.63) is 34.9 Å². The Kier molecular flexibility index (Phi) is 1.68. The van der Waals surface area contributed by atoms with Crippen LogP contribution in [0.4, 0.5) is 4.39 Å². The van der Waals surface area contributed by atoms with Crippen molar-refractivity contribution in [3.63, 3.8) is 0 Å². The van der Waals surface area contributed by atoms with Gasteiger partial charge in [-0.1, -0.05) is 23.8 Å². The number of rotatable bonds is 0. The third kappa shape index (κ3) is 1.04. The maximum absolute atomic E-state index is 13.6. The van der Waals surface area contributed by atoms with E-state index in [1.165, 1.54) is 6.07 Å². The van der Waals surface area contributed by atoms with E-state index < -0.39 is 11.5 Å². The van der Waals surface area contributed by atoms with E-state index in [0.29, 0.717) is 11.1 Å². The fourth-order valence-corrected chi connectivity index (χ4v) is 1.74. The molecule has 70 valence electrons. The number of nitrogens with zero attached hydrogens (tertiary/aromatic N) is 1. The largest absolute Gasteiger partial charge is 0.289 e. The second kappa shape index (κ2) is 2.65. The summed E-state index contributed by atoms with van der Waals surface area (Å²) in [5.74, 6) is -0.699. The molecule has 1 atom stereocenters. The van der Waals surface area contributed by atoms with Gasteiger partial charge in [-0.05, 0) is 12.5 Å². The van der Waals surface area contributed by atoms with Gasteiger partial charge in [0.05, 0.1) is 0 Å². The highest BCUT2D eigenvalue weighted by molar-refractivity contribution is 6.08. The molecule has 0 aromatic heterocycles. The molecule has 3 heteroatoms. The number of Topliss-reactive ketones (excluding diaryl/α,β-unsaturated/α-hetero) is 1. The lowest BCUT2D eigenvalue weighted by Crippen LogP contribution is -2.27. The number of benzene rings is 1. The molecule has 0 heterocycles. The van der Waals surface area contributed by atoms with Gasteiger partial charge in [-0.2, -0.15) is 5.26 Å². The van der Waals surface area contributed by atoms with E-state index in [2.05, 4.69) is 0 Å². The maximum atomic E-state index is 13.6. The Balaban J connectivity index is 2.57. The summed E-state index contributed by atoms with van der Waals surface area (Å²) in [7, 11) is 0. The van der Waals surface area contributed by atoms with Crippen molar-refractivity contribution >= 4 is 5.78 Å². The van der Waals surface area contributed by atoms with Crippen LogP contribution >= 0.6 is 0 Å². The zero-order valence-electron chi connectivity index (χ0n) is 7.67. The highest BCUT2D eigenvalue weighted by Crippen LogP contribution is 2.33. The van der Waals surface area contributed by atoms with Crippen LogP contribution in [0.2, 0.25) is 0 Å². The molecular formula is C11H8FNO. The summed E-state index contributed by atoms with van der Waals surface area (Å²) in [5.41, 5.74) is -0.381. The molecule has 14 heavy (non-hydrogen) atoms. The van der Waals surface area contributed by atoms with Crippen LogP contribution in [0.5, 0.6) is 0 Å². The Bertz CT molecular complexity index is 461. The summed E-state index contributed by atoms with van der Waals surface area (Å²) in [6.07, 6.45) is -0.112. The first-order valence-electron chi connectivity index (χ1n) is 4.31. The number of fused-ring (bicyclic) bond motifs is 1. The molecule has 1 aliphatic carbocycles.